The van der Waals surface area contributed by atoms with E-state index >= 15 is 0 Å². The number of nitrogens with one attached hydrogen (secondary N) is 1. The summed E-state index contributed by atoms with van der Waals surface area (Å²) in [5.74, 6) is 7.74. The molecule has 0 heterocycles. The Balaban J connectivity index is 1.68. The van der Waals surface area contributed by atoms with E-state index in [2.05, 4.69) is 48.3 Å². The van der Waals surface area contributed by atoms with E-state index in [1.54, 1.807) is 5.57 Å². The van der Waals surface area contributed by atoms with Crippen molar-refractivity contribution in [1.29, 1.82) is 0 Å². The highest BCUT2D eigenvalue weighted by Gasteiger charge is 2.62. The molecule has 0 spiro atoms. The van der Waals surface area contributed by atoms with Crippen LogP contribution in [0.25, 0.3) is 0 Å². The molecule has 5 atom stereocenters. The van der Waals surface area contributed by atoms with Gasteiger partial charge in [-0.15, -0.1) is 5.92 Å². The van der Waals surface area contributed by atoms with E-state index in [1.807, 2.05) is 20.0 Å². The van der Waals surface area contributed by atoms with E-state index in [4.69, 9.17) is 0 Å². The highest BCUT2D eigenvalue weighted by Crippen LogP contribution is 2.66. The van der Waals surface area contributed by atoms with Gasteiger partial charge in [0.25, 0.3) is 0 Å². The Morgan fingerprint density at radius 3 is 2.61 bits per heavy atom. The second-order valence-electron chi connectivity index (χ2n) is 10.1. The maximum absolute atomic E-state index is 12.1. The van der Waals surface area contributed by atoms with Gasteiger partial charge in [-0.05, 0) is 92.2 Å². The van der Waals surface area contributed by atoms with Crippen LogP contribution in [-0.2, 0) is 4.79 Å². The Kier molecular flexibility index (Phi) is 4.90. The van der Waals surface area contributed by atoms with Crippen LogP contribution < -0.4 is 5.32 Å². The summed E-state index contributed by atoms with van der Waals surface area (Å²) in [7, 11) is 1.95. The first-order valence-corrected chi connectivity index (χ1v) is 11.8. The third kappa shape index (κ3) is 3.03. The van der Waals surface area contributed by atoms with Crippen molar-refractivity contribution >= 4 is 11.5 Å². The number of allylic oxidation sites excluding steroid dienone is 4. The van der Waals surface area contributed by atoms with E-state index in [9.17, 15) is 9.90 Å². The molecule has 2 N–H and O–H groups in total. The monoisotopic (exact) mass is 415 g/mol. The van der Waals surface area contributed by atoms with E-state index in [0.29, 0.717) is 18.3 Å². The Hall–Kier alpha value is -2.31. The molecule has 1 aromatic carbocycles. The Morgan fingerprint density at radius 1 is 1.13 bits per heavy atom. The number of carbonyl (C=O) groups is 1. The molecule has 0 radical (unpaired) electrons. The number of hydrogen-bond acceptors (Lipinski definition) is 3. The average molecular weight is 416 g/mol. The van der Waals surface area contributed by atoms with Crippen LogP contribution >= 0.6 is 0 Å². The van der Waals surface area contributed by atoms with Gasteiger partial charge in [0.1, 0.15) is 5.60 Å². The first kappa shape index (κ1) is 20.6. The number of carbonyl (C=O) groups excluding carboxylic acids is 1. The lowest BCUT2D eigenvalue weighted by atomic mass is 9.51. The van der Waals surface area contributed by atoms with Gasteiger partial charge in [-0.2, -0.15) is 0 Å². The lowest BCUT2D eigenvalue weighted by Gasteiger charge is -2.53. The van der Waals surface area contributed by atoms with E-state index in [1.165, 1.54) is 16.7 Å². The summed E-state index contributed by atoms with van der Waals surface area (Å²) in [6, 6.07) is 8.80. The second-order valence-corrected chi connectivity index (χ2v) is 10.1. The molecule has 4 aliphatic rings. The largest absolute Gasteiger partial charge is 0.388 e. The van der Waals surface area contributed by atoms with Crippen molar-refractivity contribution in [2.45, 2.75) is 70.3 Å². The molecule has 0 bridgehead atoms. The normalized spacial score (nSPS) is 36.6. The smallest absolute Gasteiger partial charge is 0.156 e. The summed E-state index contributed by atoms with van der Waals surface area (Å²) < 4.78 is 0. The van der Waals surface area contributed by atoms with Crippen LogP contribution in [-0.4, -0.2) is 23.5 Å². The summed E-state index contributed by atoms with van der Waals surface area (Å²) in [5.41, 5.74) is 5.61. The number of benzene rings is 1. The van der Waals surface area contributed by atoms with E-state index < -0.39 is 5.60 Å². The summed E-state index contributed by atoms with van der Waals surface area (Å²) in [5, 5.41) is 14.9. The minimum atomic E-state index is -0.912. The standard InChI is InChI=1S/C28H33NO2/c1-4-14-28(31)15-13-25-23-11-7-19-16-21(30)10-12-22(19)26(23)24(17-27(25,28)2)18-5-8-20(29-3)9-6-18/h5-6,8-9,16,23-25,29,31H,7,10-13,15,17H2,1-3H3/t23-,24?,25-,27-,28?/m0/s1. The Bertz CT molecular complexity index is 1040. The lowest BCUT2D eigenvalue weighted by Crippen LogP contribution is -2.51. The van der Waals surface area contributed by atoms with Crippen LogP contribution in [0.4, 0.5) is 5.69 Å². The summed E-state index contributed by atoms with van der Waals surface area (Å²) >= 11 is 0. The number of aliphatic hydroxyl groups is 1. The van der Waals surface area contributed by atoms with Crippen LogP contribution in [0.1, 0.15) is 70.3 Å². The molecule has 31 heavy (non-hydrogen) atoms. The fraction of sp³-hybridized carbons (Fsp3) is 0.536. The fourth-order valence-electron chi connectivity index (χ4n) is 7.26. The SMILES string of the molecule is CC#CC1(O)CC[C@H]2[C@@H]3CCC4=CC(=O)CCC4=C3C(c3ccc(NC)cc3)C[C@@]21C. The summed E-state index contributed by atoms with van der Waals surface area (Å²) in [6.45, 7) is 4.14. The Morgan fingerprint density at radius 2 is 1.90 bits per heavy atom. The van der Waals surface area contributed by atoms with Gasteiger partial charge in [0.2, 0.25) is 0 Å². The zero-order valence-electron chi connectivity index (χ0n) is 18.9. The van der Waals surface area contributed by atoms with Gasteiger partial charge < -0.3 is 10.4 Å². The number of anilines is 1. The van der Waals surface area contributed by atoms with Crippen molar-refractivity contribution in [3.8, 4) is 11.8 Å². The van der Waals surface area contributed by atoms with Crippen molar-refractivity contribution in [3.05, 3.63) is 52.6 Å². The predicted molar refractivity (Wildman–Crippen MR) is 125 cm³/mol. The molecule has 2 saturated carbocycles. The maximum atomic E-state index is 12.1. The molecule has 3 heteroatoms. The minimum absolute atomic E-state index is 0.219. The maximum Gasteiger partial charge on any atom is 0.156 e. The van der Waals surface area contributed by atoms with Gasteiger partial charge in [-0.1, -0.05) is 30.6 Å². The molecule has 0 aromatic heterocycles. The van der Waals surface area contributed by atoms with Crippen molar-refractivity contribution in [3.63, 3.8) is 0 Å². The third-order valence-electron chi connectivity index (χ3n) is 8.82. The number of fused-ring (bicyclic) bond motifs is 4. The van der Waals surface area contributed by atoms with Gasteiger partial charge in [0.05, 0.1) is 0 Å². The highest BCUT2D eigenvalue weighted by molar-refractivity contribution is 5.93. The van der Waals surface area contributed by atoms with Crippen molar-refractivity contribution in [2.75, 3.05) is 12.4 Å². The van der Waals surface area contributed by atoms with Crippen LogP contribution in [0, 0.1) is 29.1 Å². The van der Waals surface area contributed by atoms with Gasteiger partial charge in [-0.25, -0.2) is 0 Å². The predicted octanol–water partition coefficient (Wildman–Crippen LogP) is 5.38. The number of ketones is 1. The van der Waals surface area contributed by atoms with Crippen LogP contribution in [0.3, 0.4) is 0 Å². The van der Waals surface area contributed by atoms with Crippen LogP contribution in [0.15, 0.2) is 47.1 Å². The van der Waals surface area contributed by atoms with E-state index in [-0.39, 0.29) is 17.1 Å². The van der Waals surface area contributed by atoms with Crippen molar-refractivity contribution < 1.29 is 9.90 Å². The molecule has 1 aromatic rings. The second kappa shape index (κ2) is 7.38. The topological polar surface area (TPSA) is 49.3 Å². The molecule has 0 aliphatic heterocycles. The van der Waals surface area contributed by atoms with Gasteiger partial charge in [0, 0.05) is 30.5 Å². The molecule has 162 valence electrons. The lowest BCUT2D eigenvalue weighted by molar-refractivity contribution is -0.114. The number of hydrogen-bond donors (Lipinski definition) is 2. The molecule has 0 amide bonds. The van der Waals surface area contributed by atoms with Gasteiger partial charge in [-0.3, -0.25) is 4.79 Å². The molecule has 4 aliphatic carbocycles. The van der Waals surface area contributed by atoms with Crippen LogP contribution in [0.5, 0.6) is 0 Å². The van der Waals surface area contributed by atoms with Crippen molar-refractivity contribution in [2.24, 2.45) is 17.3 Å². The molecule has 5 rings (SSSR count). The molecular weight excluding hydrogens is 382 g/mol. The fourth-order valence-corrected chi connectivity index (χ4v) is 7.26. The molecule has 2 unspecified atom stereocenters. The number of rotatable bonds is 2. The van der Waals surface area contributed by atoms with Gasteiger partial charge in [0.15, 0.2) is 5.78 Å². The average Bonchev–Trinajstić information content (AvgIpc) is 3.03. The van der Waals surface area contributed by atoms with Crippen molar-refractivity contribution in [1.82, 2.24) is 0 Å². The summed E-state index contributed by atoms with van der Waals surface area (Å²) in [6.07, 6.45) is 8.22. The molecular formula is C28H33NO2. The molecule has 0 saturated heterocycles. The van der Waals surface area contributed by atoms with Crippen LogP contribution in [0.2, 0.25) is 0 Å². The van der Waals surface area contributed by atoms with Gasteiger partial charge >= 0.3 is 0 Å². The zero-order valence-corrected chi connectivity index (χ0v) is 18.9. The third-order valence-corrected chi connectivity index (χ3v) is 8.82. The minimum Gasteiger partial charge on any atom is -0.388 e. The first-order chi connectivity index (χ1) is 14.9. The molecule has 2 fully saturated rings. The quantitative estimate of drug-likeness (QED) is 0.638. The Labute approximate surface area is 186 Å². The zero-order chi connectivity index (χ0) is 21.8. The highest BCUT2D eigenvalue weighted by atomic mass is 16.3. The first-order valence-electron chi connectivity index (χ1n) is 11.8. The van der Waals surface area contributed by atoms with E-state index in [0.717, 1.165) is 44.2 Å². The molecule has 3 nitrogen and oxygen atoms in total. The summed E-state index contributed by atoms with van der Waals surface area (Å²) in [4.78, 5) is 12.1.